The summed E-state index contributed by atoms with van der Waals surface area (Å²) in [6, 6.07) is 12.9. The zero-order chi connectivity index (χ0) is 19.7. The molecule has 0 aliphatic carbocycles. The summed E-state index contributed by atoms with van der Waals surface area (Å²) < 4.78 is 6.61. The van der Waals surface area contributed by atoms with Crippen molar-refractivity contribution >= 4 is 17.7 Å². The number of rotatable bonds is 5. The molecule has 0 bridgehead atoms. The molecule has 0 spiro atoms. The van der Waals surface area contributed by atoms with Crippen molar-refractivity contribution in [3.63, 3.8) is 0 Å². The molecule has 1 atom stereocenters. The Morgan fingerprint density at radius 2 is 1.79 bits per heavy atom. The number of nitrogens with zero attached hydrogens (tertiary/aromatic N) is 3. The SMILES string of the molecule is COc1cccc(C(CC(=O)n2ccnc2)N2C(=O)c3ccccc3C2=O)c1. The fourth-order valence-electron chi connectivity index (χ4n) is 3.38. The van der Waals surface area contributed by atoms with E-state index in [0.29, 0.717) is 22.4 Å². The van der Waals surface area contributed by atoms with Gasteiger partial charge in [0.1, 0.15) is 12.1 Å². The molecule has 2 heterocycles. The summed E-state index contributed by atoms with van der Waals surface area (Å²) in [5.41, 5.74) is 1.33. The second-order valence-corrected chi connectivity index (χ2v) is 6.39. The van der Waals surface area contributed by atoms with E-state index in [2.05, 4.69) is 4.98 Å². The summed E-state index contributed by atoms with van der Waals surface area (Å²) in [5, 5.41) is 0. The number of fused-ring (bicyclic) bond motifs is 1. The van der Waals surface area contributed by atoms with Crippen LogP contribution in [-0.4, -0.2) is 39.3 Å². The van der Waals surface area contributed by atoms with Gasteiger partial charge in [-0.15, -0.1) is 0 Å². The van der Waals surface area contributed by atoms with E-state index in [-0.39, 0.29) is 12.3 Å². The lowest BCUT2D eigenvalue weighted by Crippen LogP contribution is -2.36. The molecule has 1 unspecified atom stereocenters. The lowest BCUT2D eigenvalue weighted by molar-refractivity contribution is 0.0561. The third kappa shape index (κ3) is 2.96. The van der Waals surface area contributed by atoms with Gasteiger partial charge in [-0.05, 0) is 29.8 Å². The van der Waals surface area contributed by atoms with Gasteiger partial charge in [0, 0.05) is 12.4 Å². The molecule has 7 heteroatoms. The molecule has 7 nitrogen and oxygen atoms in total. The van der Waals surface area contributed by atoms with E-state index in [9.17, 15) is 14.4 Å². The molecular formula is C21H17N3O4. The van der Waals surface area contributed by atoms with Crippen molar-refractivity contribution in [3.8, 4) is 5.75 Å². The highest BCUT2D eigenvalue weighted by Gasteiger charge is 2.41. The minimum Gasteiger partial charge on any atom is -0.497 e. The predicted octanol–water partition coefficient (Wildman–Crippen LogP) is 2.96. The minimum atomic E-state index is -0.766. The number of amides is 2. The lowest BCUT2D eigenvalue weighted by atomic mass is 10.0. The predicted molar refractivity (Wildman–Crippen MR) is 100 cm³/mol. The summed E-state index contributed by atoms with van der Waals surface area (Å²) >= 11 is 0. The van der Waals surface area contributed by atoms with E-state index >= 15 is 0 Å². The van der Waals surface area contributed by atoms with Crippen molar-refractivity contribution in [1.82, 2.24) is 14.5 Å². The van der Waals surface area contributed by atoms with Gasteiger partial charge in [-0.1, -0.05) is 24.3 Å². The van der Waals surface area contributed by atoms with Crippen LogP contribution < -0.4 is 4.74 Å². The molecule has 3 aromatic rings. The number of carbonyl (C=O) groups is 3. The molecule has 1 aliphatic rings. The number of hydrogen-bond acceptors (Lipinski definition) is 5. The maximum Gasteiger partial charge on any atom is 0.262 e. The van der Waals surface area contributed by atoms with Crippen LogP contribution in [-0.2, 0) is 0 Å². The number of aromatic nitrogens is 2. The highest BCUT2D eigenvalue weighted by molar-refractivity contribution is 6.21. The molecule has 0 fully saturated rings. The normalized spacial score (nSPS) is 14.1. The van der Waals surface area contributed by atoms with Crippen molar-refractivity contribution in [1.29, 1.82) is 0 Å². The maximum atomic E-state index is 13.0. The molecule has 0 N–H and O–H groups in total. The fraction of sp³-hybridized carbons (Fsp3) is 0.143. The van der Waals surface area contributed by atoms with Gasteiger partial charge in [-0.2, -0.15) is 0 Å². The number of carbonyl (C=O) groups excluding carboxylic acids is 3. The Hall–Kier alpha value is -3.74. The van der Waals surface area contributed by atoms with Gasteiger partial charge in [-0.3, -0.25) is 23.9 Å². The molecule has 1 aliphatic heterocycles. The van der Waals surface area contributed by atoms with E-state index in [1.807, 2.05) is 0 Å². The number of benzene rings is 2. The molecule has 4 rings (SSSR count). The number of ether oxygens (including phenoxy) is 1. The molecule has 0 saturated carbocycles. The van der Waals surface area contributed by atoms with Crippen molar-refractivity contribution in [3.05, 3.63) is 83.9 Å². The molecule has 0 saturated heterocycles. The largest absolute Gasteiger partial charge is 0.497 e. The Morgan fingerprint density at radius 1 is 1.07 bits per heavy atom. The Labute approximate surface area is 161 Å². The van der Waals surface area contributed by atoms with Gasteiger partial charge in [0.15, 0.2) is 0 Å². The molecule has 140 valence electrons. The second-order valence-electron chi connectivity index (χ2n) is 6.39. The molecule has 28 heavy (non-hydrogen) atoms. The Kier molecular flexibility index (Phi) is 4.49. The number of methoxy groups -OCH3 is 1. The van der Waals surface area contributed by atoms with Crippen LogP contribution >= 0.6 is 0 Å². The third-order valence-electron chi connectivity index (χ3n) is 4.78. The van der Waals surface area contributed by atoms with Gasteiger partial charge < -0.3 is 4.74 Å². The van der Waals surface area contributed by atoms with Crippen LogP contribution in [0.25, 0.3) is 0 Å². The van der Waals surface area contributed by atoms with Gasteiger partial charge >= 0.3 is 0 Å². The van der Waals surface area contributed by atoms with Gasteiger partial charge in [0.05, 0.1) is 30.7 Å². The van der Waals surface area contributed by atoms with Crippen molar-refractivity contribution < 1.29 is 19.1 Å². The number of hydrogen-bond donors (Lipinski definition) is 0. The van der Waals surface area contributed by atoms with Crippen LogP contribution in [0.1, 0.15) is 43.5 Å². The number of imidazole rings is 1. The summed E-state index contributed by atoms with van der Waals surface area (Å²) in [6.07, 6.45) is 4.36. The van der Waals surface area contributed by atoms with E-state index < -0.39 is 17.9 Å². The van der Waals surface area contributed by atoms with Crippen LogP contribution in [0.4, 0.5) is 0 Å². The van der Waals surface area contributed by atoms with E-state index in [1.54, 1.807) is 48.5 Å². The van der Waals surface area contributed by atoms with Crippen molar-refractivity contribution in [2.75, 3.05) is 7.11 Å². The summed E-state index contributed by atoms with van der Waals surface area (Å²) in [4.78, 5) is 43.8. The first-order valence-corrected chi connectivity index (χ1v) is 8.72. The average Bonchev–Trinajstić information content (AvgIpc) is 3.35. The fourth-order valence-corrected chi connectivity index (χ4v) is 3.38. The molecule has 1 aromatic heterocycles. The monoisotopic (exact) mass is 375 g/mol. The van der Waals surface area contributed by atoms with Gasteiger partial charge in [0.25, 0.3) is 11.8 Å². The highest BCUT2D eigenvalue weighted by atomic mass is 16.5. The topological polar surface area (TPSA) is 81.5 Å². The molecule has 0 radical (unpaired) electrons. The minimum absolute atomic E-state index is 0.0744. The van der Waals surface area contributed by atoms with Crippen LogP contribution in [0.3, 0.4) is 0 Å². The first-order valence-electron chi connectivity index (χ1n) is 8.72. The standard InChI is InChI=1S/C21H17N3O4/c1-28-15-6-4-5-14(11-15)18(12-19(25)23-10-9-22-13-23)24-20(26)16-7-2-3-8-17(16)21(24)27/h2-11,13,18H,12H2,1H3. The van der Waals surface area contributed by atoms with E-state index in [0.717, 1.165) is 4.90 Å². The third-order valence-corrected chi connectivity index (χ3v) is 4.78. The summed E-state index contributed by atoms with van der Waals surface area (Å²) in [5.74, 6) is -0.519. The summed E-state index contributed by atoms with van der Waals surface area (Å²) in [7, 11) is 1.53. The van der Waals surface area contributed by atoms with Crippen LogP contribution in [0.2, 0.25) is 0 Å². The first-order chi connectivity index (χ1) is 13.6. The van der Waals surface area contributed by atoms with Gasteiger partial charge in [0.2, 0.25) is 5.91 Å². The Bertz CT molecular complexity index is 1020. The summed E-state index contributed by atoms with van der Waals surface area (Å²) in [6.45, 7) is 0. The van der Waals surface area contributed by atoms with Crippen LogP contribution in [0, 0.1) is 0 Å². The molecule has 2 amide bonds. The second kappa shape index (κ2) is 7.11. The Balaban J connectivity index is 1.76. The van der Waals surface area contributed by atoms with Crippen molar-refractivity contribution in [2.45, 2.75) is 12.5 Å². The van der Waals surface area contributed by atoms with E-state index in [1.165, 1.54) is 30.4 Å². The van der Waals surface area contributed by atoms with Crippen LogP contribution in [0.15, 0.2) is 67.3 Å². The maximum absolute atomic E-state index is 13.0. The highest BCUT2D eigenvalue weighted by Crippen LogP contribution is 2.34. The smallest absolute Gasteiger partial charge is 0.262 e. The first kappa shape index (κ1) is 17.7. The lowest BCUT2D eigenvalue weighted by Gasteiger charge is -2.26. The number of imide groups is 1. The van der Waals surface area contributed by atoms with Crippen molar-refractivity contribution in [2.24, 2.45) is 0 Å². The Morgan fingerprint density at radius 3 is 2.39 bits per heavy atom. The van der Waals surface area contributed by atoms with Crippen LogP contribution in [0.5, 0.6) is 5.75 Å². The average molecular weight is 375 g/mol. The quantitative estimate of drug-likeness (QED) is 0.641. The molecule has 2 aromatic carbocycles. The zero-order valence-electron chi connectivity index (χ0n) is 15.1. The zero-order valence-corrected chi connectivity index (χ0v) is 15.1. The van der Waals surface area contributed by atoms with E-state index in [4.69, 9.17) is 4.74 Å². The van der Waals surface area contributed by atoms with Gasteiger partial charge in [-0.25, -0.2) is 4.98 Å². The molecular weight excluding hydrogens is 358 g/mol.